The van der Waals surface area contributed by atoms with Gasteiger partial charge in [-0.3, -0.25) is 0 Å². The minimum Gasteiger partial charge on any atom is -0.482 e. The van der Waals surface area contributed by atoms with Crippen molar-refractivity contribution in [3.63, 3.8) is 0 Å². The summed E-state index contributed by atoms with van der Waals surface area (Å²) >= 11 is 1.75. The van der Waals surface area contributed by atoms with E-state index in [2.05, 4.69) is 68.7 Å². The predicted molar refractivity (Wildman–Crippen MR) is 178 cm³/mol. The van der Waals surface area contributed by atoms with Crippen molar-refractivity contribution in [2.24, 2.45) is 0 Å². The molecule has 0 fully saturated rings. The number of hydrogen-bond donors (Lipinski definition) is 1. The van der Waals surface area contributed by atoms with E-state index < -0.39 is 5.97 Å². The summed E-state index contributed by atoms with van der Waals surface area (Å²) in [5.41, 5.74) is 9.50. The van der Waals surface area contributed by atoms with Crippen LogP contribution in [-0.2, 0) is 11.2 Å². The lowest BCUT2D eigenvalue weighted by atomic mass is 9.84. The van der Waals surface area contributed by atoms with Crippen molar-refractivity contribution >= 4 is 23.3 Å². The van der Waals surface area contributed by atoms with Gasteiger partial charge in [-0.15, -0.1) is 11.8 Å². The minimum absolute atomic E-state index is 0.340. The van der Waals surface area contributed by atoms with Crippen molar-refractivity contribution in [1.82, 2.24) is 0 Å². The quantitative estimate of drug-likeness (QED) is 0.216. The van der Waals surface area contributed by atoms with E-state index in [0.717, 1.165) is 46.6 Å². The highest BCUT2D eigenvalue weighted by Gasteiger charge is 2.16. The molecule has 0 aromatic heterocycles. The third-order valence-corrected chi connectivity index (χ3v) is 7.56. The molecule has 1 N–H and O–H groups in total. The Balaban J connectivity index is 0.00000287. The largest absolute Gasteiger partial charge is 0.482 e. The maximum Gasteiger partial charge on any atom is 0.341 e. The first-order valence-electron chi connectivity index (χ1n) is 14.2. The zero-order chi connectivity index (χ0) is 30.2. The molecule has 3 nitrogen and oxygen atoms in total. The first kappa shape index (κ1) is 33.4. The van der Waals surface area contributed by atoms with Crippen molar-refractivity contribution in [3.05, 3.63) is 137 Å². The number of carbonyl (C=O) groups is 1. The van der Waals surface area contributed by atoms with Crippen molar-refractivity contribution in [2.45, 2.75) is 58.8 Å². The summed E-state index contributed by atoms with van der Waals surface area (Å²) in [6, 6.07) is 14.6. The average molecular weight is 569 g/mol. The van der Waals surface area contributed by atoms with E-state index in [9.17, 15) is 4.79 Å². The van der Waals surface area contributed by atoms with Crippen LogP contribution in [0.15, 0.2) is 125 Å². The molecule has 0 amide bonds. The van der Waals surface area contributed by atoms with Crippen molar-refractivity contribution < 1.29 is 14.6 Å². The van der Waals surface area contributed by atoms with Gasteiger partial charge in [-0.2, -0.15) is 0 Å². The van der Waals surface area contributed by atoms with Crippen molar-refractivity contribution in [1.29, 1.82) is 0 Å². The molecule has 0 saturated heterocycles. The van der Waals surface area contributed by atoms with Gasteiger partial charge in [0.15, 0.2) is 6.61 Å². The van der Waals surface area contributed by atoms with Crippen LogP contribution in [0.3, 0.4) is 0 Å². The molecule has 0 heterocycles. The van der Waals surface area contributed by atoms with Crippen LogP contribution in [0.1, 0.15) is 57.2 Å². The Kier molecular flexibility index (Phi) is 14.5. The van der Waals surface area contributed by atoms with E-state index >= 15 is 0 Å². The van der Waals surface area contributed by atoms with Crippen LogP contribution in [-0.4, -0.2) is 23.4 Å². The lowest BCUT2D eigenvalue weighted by Gasteiger charge is -2.21. The fourth-order valence-corrected chi connectivity index (χ4v) is 5.45. The van der Waals surface area contributed by atoms with E-state index in [1.165, 1.54) is 27.8 Å². The number of benzene rings is 2. The molecule has 3 rings (SSSR count). The summed E-state index contributed by atoms with van der Waals surface area (Å²) in [5, 5.41) is 8.89. The number of rotatable bonds is 11. The van der Waals surface area contributed by atoms with Gasteiger partial charge in [-0.05, 0) is 97.2 Å². The van der Waals surface area contributed by atoms with Gasteiger partial charge < -0.3 is 9.84 Å². The molecule has 0 aliphatic heterocycles. The second kappa shape index (κ2) is 17.8. The second-order valence-electron chi connectivity index (χ2n) is 9.44. The predicted octanol–water partition coefficient (Wildman–Crippen LogP) is 10.1. The Bertz CT molecular complexity index is 1370. The molecule has 1 aliphatic carbocycles. The van der Waals surface area contributed by atoms with Crippen LogP contribution in [0, 0.1) is 6.92 Å². The van der Waals surface area contributed by atoms with Gasteiger partial charge in [0.25, 0.3) is 0 Å². The van der Waals surface area contributed by atoms with Gasteiger partial charge in [0.1, 0.15) is 5.75 Å². The highest BCUT2D eigenvalue weighted by molar-refractivity contribution is 7.99. The summed E-state index contributed by atoms with van der Waals surface area (Å²) in [5.74, 6) is 0.418. The first-order valence-corrected chi connectivity index (χ1v) is 15.2. The topological polar surface area (TPSA) is 46.5 Å². The molecule has 0 atom stereocenters. The van der Waals surface area contributed by atoms with Crippen LogP contribution >= 0.6 is 11.8 Å². The maximum absolute atomic E-state index is 10.8. The standard InChI is InChI=1S/C35H38O3S.C2H6/c1-6-8-13-28(7-2)25(3)17-19-31-26(4)12-11-15-29-14-9-10-16-32(29)33(31)21-22-39-30-18-20-34(27(5)23-30)38-24-35(36)37;1-2/h6-10,13-14,16-21,23H,1,3,11-12,15,22,24H2,2,4-5H3,(H,36,37);1-2H3/b13-8-,19-17-,28-7+,31-26-,33-21-;. The van der Waals surface area contributed by atoms with Crippen molar-refractivity contribution in [2.75, 3.05) is 12.4 Å². The lowest BCUT2D eigenvalue weighted by Crippen LogP contribution is -2.09. The van der Waals surface area contributed by atoms with Crippen LogP contribution < -0.4 is 4.74 Å². The van der Waals surface area contributed by atoms with E-state index in [-0.39, 0.29) is 6.61 Å². The zero-order valence-corrected chi connectivity index (χ0v) is 26.0. The number of carboxylic acid groups (broad SMARTS) is 1. The van der Waals surface area contributed by atoms with Gasteiger partial charge in [-0.25, -0.2) is 4.79 Å². The Morgan fingerprint density at radius 2 is 1.85 bits per heavy atom. The number of hydrogen-bond acceptors (Lipinski definition) is 3. The summed E-state index contributed by atoms with van der Waals surface area (Å²) < 4.78 is 5.38. The number of aryl methyl sites for hydroxylation is 2. The molecular weight excluding hydrogens is 524 g/mol. The molecule has 1 aliphatic rings. The molecule has 2 aromatic rings. The molecule has 0 saturated carbocycles. The molecule has 0 bridgehead atoms. The van der Waals surface area contributed by atoms with Crippen LogP contribution in [0.4, 0.5) is 0 Å². The van der Waals surface area contributed by atoms with E-state index in [1.807, 2.05) is 58.0 Å². The summed E-state index contributed by atoms with van der Waals surface area (Å²) in [6.45, 7) is 17.9. The molecule has 41 heavy (non-hydrogen) atoms. The number of aliphatic carboxylic acids is 1. The molecule has 0 unspecified atom stereocenters. The third-order valence-electron chi connectivity index (χ3n) is 6.64. The maximum atomic E-state index is 10.8. The monoisotopic (exact) mass is 568 g/mol. The van der Waals surface area contributed by atoms with E-state index in [4.69, 9.17) is 9.84 Å². The van der Waals surface area contributed by atoms with Gasteiger partial charge in [0.05, 0.1) is 0 Å². The van der Waals surface area contributed by atoms with Gasteiger partial charge >= 0.3 is 5.97 Å². The van der Waals surface area contributed by atoms with Crippen molar-refractivity contribution in [3.8, 4) is 5.75 Å². The zero-order valence-electron chi connectivity index (χ0n) is 25.2. The smallest absolute Gasteiger partial charge is 0.341 e. The second-order valence-corrected chi connectivity index (χ2v) is 10.5. The SMILES string of the molecule is C=C/C=C\C(=C/C)C(=C)\C=C/C1=C(\C)CCCc2ccccc2\C1=C/CSc1ccc(OCC(=O)O)c(C)c1.CC. The average Bonchev–Trinajstić information content (AvgIpc) is 2.96. The molecule has 4 heteroatoms. The summed E-state index contributed by atoms with van der Waals surface area (Å²) in [6.07, 6.45) is 17.7. The highest BCUT2D eigenvalue weighted by Crippen LogP contribution is 2.35. The summed E-state index contributed by atoms with van der Waals surface area (Å²) in [7, 11) is 0. The van der Waals surface area contributed by atoms with E-state index in [1.54, 1.807) is 17.8 Å². The first-order chi connectivity index (χ1) is 19.8. The number of thioether (sulfide) groups is 1. The highest BCUT2D eigenvalue weighted by atomic mass is 32.2. The van der Waals surface area contributed by atoms with E-state index in [0.29, 0.717) is 5.75 Å². The Morgan fingerprint density at radius 1 is 1.10 bits per heavy atom. The van der Waals surface area contributed by atoms with Gasteiger partial charge in [-0.1, -0.05) is 99.4 Å². The minimum atomic E-state index is -0.981. The summed E-state index contributed by atoms with van der Waals surface area (Å²) in [4.78, 5) is 12.0. The fraction of sp³-hybridized carbons (Fsp3) is 0.270. The Hall–Kier alpha value is -3.76. The number of carboxylic acids is 1. The number of allylic oxidation sites excluding steroid dienone is 11. The number of ether oxygens (including phenoxy) is 1. The Morgan fingerprint density at radius 3 is 2.54 bits per heavy atom. The number of fused-ring (bicyclic) bond motifs is 1. The third kappa shape index (κ3) is 10.3. The lowest BCUT2D eigenvalue weighted by molar-refractivity contribution is -0.139. The normalized spacial score (nSPS) is 16.5. The fourth-order valence-electron chi connectivity index (χ4n) is 4.58. The van der Waals surface area contributed by atoms with Gasteiger partial charge in [0.2, 0.25) is 0 Å². The van der Waals surface area contributed by atoms with Gasteiger partial charge in [0, 0.05) is 10.6 Å². The molecule has 2 aromatic carbocycles. The van der Waals surface area contributed by atoms with Crippen LogP contribution in [0.5, 0.6) is 5.75 Å². The Labute approximate surface area is 251 Å². The molecular formula is C37H44O3S. The van der Waals surface area contributed by atoms with Crippen LogP contribution in [0.2, 0.25) is 0 Å². The molecule has 0 spiro atoms. The van der Waals surface area contributed by atoms with Crippen LogP contribution in [0.25, 0.3) is 5.57 Å². The molecule has 216 valence electrons. The molecule has 0 radical (unpaired) electrons.